The van der Waals surface area contributed by atoms with Gasteiger partial charge in [-0.05, 0) is 18.2 Å². The summed E-state index contributed by atoms with van der Waals surface area (Å²) in [5, 5.41) is 3.49. The number of piperazine rings is 1. The lowest BCUT2D eigenvalue weighted by Crippen LogP contribution is -2.49. The summed E-state index contributed by atoms with van der Waals surface area (Å²) in [7, 11) is -2.31. The summed E-state index contributed by atoms with van der Waals surface area (Å²) >= 11 is 5.82. The summed E-state index contributed by atoms with van der Waals surface area (Å²) in [6.45, 7) is 2.50. The van der Waals surface area contributed by atoms with Gasteiger partial charge in [0.15, 0.2) is 0 Å². The van der Waals surface area contributed by atoms with Crippen LogP contribution in [0.15, 0.2) is 29.2 Å². The van der Waals surface area contributed by atoms with Crippen molar-refractivity contribution in [3.05, 3.63) is 29.3 Å². The van der Waals surface area contributed by atoms with Crippen LogP contribution in [0.3, 0.4) is 0 Å². The highest BCUT2D eigenvalue weighted by molar-refractivity contribution is 7.89. The third-order valence-corrected chi connectivity index (χ3v) is 5.37. The summed E-state index contributed by atoms with van der Waals surface area (Å²) in [4.78, 5) is 13.9. The molecule has 0 radical (unpaired) electrons. The molecule has 0 bridgehead atoms. The Labute approximate surface area is 129 Å². The van der Waals surface area contributed by atoms with E-state index in [2.05, 4.69) is 5.32 Å². The minimum Gasteiger partial charge on any atom is -0.339 e. The SMILES string of the molecule is CN(CC(=O)N1CCNCC1)S(=O)(=O)c1cccc(Cl)c1. The van der Waals surface area contributed by atoms with Crippen molar-refractivity contribution in [1.29, 1.82) is 0 Å². The molecule has 2 rings (SSSR count). The van der Waals surface area contributed by atoms with E-state index in [1.54, 1.807) is 17.0 Å². The monoisotopic (exact) mass is 331 g/mol. The van der Waals surface area contributed by atoms with E-state index in [4.69, 9.17) is 11.6 Å². The number of rotatable bonds is 4. The van der Waals surface area contributed by atoms with E-state index in [-0.39, 0.29) is 17.3 Å². The number of benzene rings is 1. The molecule has 1 fully saturated rings. The topological polar surface area (TPSA) is 69.7 Å². The zero-order valence-electron chi connectivity index (χ0n) is 11.8. The van der Waals surface area contributed by atoms with E-state index < -0.39 is 10.0 Å². The molecular weight excluding hydrogens is 314 g/mol. The smallest absolute Gasteiger partial charge is 0.243 e. The number of carbonyl (C=O) groups is 1. The van der Waals surface area contributed by atoms with E-state index in [1.807, 2.05) is 0 Å². The number of carbonyl (C=O) groups excluding carboxylic acids is 1. The second-order valence-electron chi connectivity index (χ2n) is 4.85. The molecule has 1 aromatic carbocycles. The molecule has 116 valence electrons. The fourth-order valence-corrected chi connectivity index (χ4v) is 3.52. The van der Waals surface area contributed by atoms with Gasteiger partial charge in [0.2, 0.25) is 15.9 Å². The maximum absolute atomic E-state index is 12.4. The van der Waals surface area contributed by atoms with Crippen molar-refractivity contribution in [2.45, 2.75) is 4.90 Å². The normalized spacial score (nSPS) is 16.2. The summed E-state index contributed by atoms with van der Waals surface area (Å²) in [6.07, 6.45) is 0. The summed E-state index contributed by atoms with van der Waals surface area (Å²) < 4.78 is 25.8. The first-order valence-electron chi connectivity index (χ1n) is 6.61. The third-order valence-electron chi connectivity index (χ3n) is 3.33. The average Bonchev–Trinajstić information content (AvgIpc) is 2.48. The number of hydrogen-bond acceptors (Lipinski definition) is 4. The lowest BCUT2D eigenvalue weighted by Gasteiger charge is -2.29. The van der Waals surface area contributed by atoms with E-state index in [0.717, 1.165) is 17.4 Å². The van der Waals surface area contributed by atoms with Gasteiger partial charge in [-0.25, -0.2) is 8.42 Å². The standard InChI is InChI=1S/C13H18ClN3O3S/c1-16(10-13(18)17-7-5-15-6-8-17)21(19,20)12-4-2-3-11(14)9-12/h2-4,9,15H,5-8,10H2,1H3. The summed E-state index contributed by atoms with van der Waals surface area (Å²) in [6, 6.07) is 6.02. The summed E-state index contributed by atoms with van der Waals surface area (Å²) in [5.74, 6) is -0.190. The van der Waals surface area contributed by atoms with Gasteiger partial charge in [0.05, 0.1) is 11.4 Å². The maximum atomic E-state index is 12.4. The van der Waals surface area contributed by atoms with E-state index in [1.165, 1.54) is 19.2 Å². The molecule has 0 unspecified atom stereocenters. The van der Waals surface area contributed by atoms with Gasteiger partial charge in [0, 0.05) is 38.2 Å². The second kappa shape index (κ2) is 6.74. The van der Waals surface area contributed by atoms with Crippen molar-refractivity contribution < 1.29 is 13.2 Å². The molecule has 0 aromatic heterocycles. The van der Waals surface area contributed by atoms with Crippen LogP contribution in [-0.4, -0.2) is 63.3 Å². The van der Waals surface area contributed by atoms with Crippen LogP contribution in [0.4, 0.5) is 0 Å². The maximum Gasteiger partial charge on any atom is 0.243 e. The van der Waals surface area contributed by atoms with Gasteiger partial charge in [-0.2, -0.15) is 4.31 Å². The van der Waals surface area contributed by atoms with Crippen LogP contribution >= 0.6 is 11.6 Å². The van der Waals surface area contributed by atoms with E-state index in [9.17, 15) is 13.2 Å². The van der Waals surface area contributed by atoms with Gasteiger partial charge in [-0.15, -0.1) is 0 Å². The first kappa shape index (κ1) is 16.2. The van der Waals surface area contributed by atoms with Crippen molar-refractivity contribution in [2.75, 3.05) is 39.8 Å². The molecule has 1 N–H and O–H groups in total. The Morgan fingerprint density at radius 1 is 1.38 bits per heavy atom. The van der Waals surface area contributed by atoms with Gasteiger partial charge < -0.3 is 10.2 Å². The first-order chi connectivity index (χ1) is 9.91. The Morgan fingerprint density at radius 3 is 2.67 bits per heavy atom. The van der Waals surface area contributed by atoms with Crippen LogP contribution in [0, 0.1) is 0 Å². The van der Waals surface area contributed by atoms with Gasteiger partial charge in [0.1, 0.15) is 0 Å². The van der Waals surface area contributed by atoms with Crippen molar-refractivity contribution in [1.82, 2.24) is 14.5 Å². The molecule has 1 aromatic rings. The first-order valence-corrected chi connectivity index (χ1v) is 8.43. The van der Waals surface area contributed by atoms with E-state index >= 15 is 0 Å². The van der Waals surface area contributed by atoms with Crippen LogP contribution in [0.25, 0.3) is 0 Å². The predicted molar refractivity (Wildman–Crippen MR) is 80.7 cm³/mol. The molecule has 0 atom stereocenters. The highest BCUT2D eigenvalue weighted by atomic mass is 35.5. The van der Waals surface area contributed by atoms with Gasteiger partial charge >= 0.3 is 0 Å². The molecule has 6 nitrogen and oxygen atoms in total. The zero-order chi connectivity index (χ0) is 15.5. The van der Waals surface area contributed by atoms with Gasteiger partial charge in [-0.3, -0.25) is 4.79 Å². The number of hydrogen-bond donors (Lipinski definition) is 1. The van der Waals surface area contributed by atoms with Crippen LogP contribution in [0.1, 0.15) is 0 Å². The van der Waals surface area contributed by atoms with Crippen molar-refractivity contribution in [3.63, 3.8) is 0 Å². The van der Waals surface area contributed by atoms with E-state index in [0.29, 0.717) is 18.1 Å². The Balaban J connectivity index is 2.08. The minimum atomic E-state index is -3.71. The number of sulfonamides is 1. The highest BCUT2D eigenvalue weighted by Crippen LogP contribution is 2.18. The zero-order valence-corrected chi connectivity index (χ0v) is 13.3. The molecule has 1 aliphatic heterocycles. The van der Waals surface area contributed by atoms with Crippen molar-refractivity contribution in [3.8, 4) is 0 Å². The molecule has 1 saturated heterocycles. The molecule has 21 heavy (non-hydrogen) atoms. The number of amides is 1. The van der Waals surface area contributed by atoms with Crippen LogP contribution in [0.2, 0.25) is 5.02 Å². The fourth-order valence-electron chi connectivity index (χ4n) is 2.10. The Bertz CT molecular complexity index is 615. The van der Waals surface area contributed by atoms with Crippen LogP contribution < -0.4 is 5.32 Å². The Morgan fingerprint density at radius 2 is 2.05 bits per heavy atom. The number of halogens is 1. The molecule has 0 spiro atoms. The predicted octanol–water partition coefficient (Wildman–Crippen LogP) is 0.392. The number of nitrogens with zero attached hydrogens (tertiary/aromatic N) is 2. The average molecular weight is 332 g/mol. The number of nitrogens with one attached hydrogen (secondary N) is 1. The van der Waals surface area contributed by atoms with Crippen LogP contribution in [0.5, 0.6) is 0 Å². The van der Waals surface area contributed by atoms with Crippen molar-refractivity contribution >= 4 is 27.5 Å². The van der Waals surface area contributed by atoms with Crippen LogP contribution in [-0.2, 0) is 14.8 Å². The van der Waals surface area contributed by atoms with Crippen molar-refractivity contribution in [2.24, 2.45) is 0 Å². The quantitative estimate of drug-likeness (QED) is 0.866. The second-order valence-corrected chi connectivity index (χ2v) is 7.33. The molecule has 8 heteroatoms. The van der Waals surface area contributed by atoms with Gasteiger partial charge in [0.25, 0.3) is 0 Å². The molecule has 1 aliphatic rings. The highest BCUT2D eigenvalue weighted by Gasteiger charge is 2.25. The molecular formula is C13H18ClN3O3S. The summed E-state index contributed by atoms with van der Waals surface area (Å²) in [5.41, 5.74) is 0. The molecule has 0 aliphatic carbocycles. The molecule has 1 amide bonds. The Kier molecular flexibility index (Phi) is 5.21. The Hall–Kier alpha value is -1.15. The lowest BCUT2D eigenvalue weighted by molar-refractivity contribution is -0.131. The molecule has 1 heterocycles. The fraction of sp³-hybridized carbons (Fsp3) is 0.462. The number of likely N-dealkylation sites (N-methyl/N-ethyl adjacent to an activating group) is 1. The van der Waals surface area contributed by atoms with Gasteiger partial charge in [-0.1, -0.05) is 17.7 Å². The molecule has 0 saturated carbocycles. The lowest BCUT2D eigenvalue weighted by atomic mass is 10.3. The third kappa shape index (κ3) is 3.94. The minimum absolute atomic E-state index is 0.0885. The largest absolute Gasteiger partial charge is 0.339 e.